The van der Waals surface area contributed by atoms with Gasteiger partial charge >= 0.3 is 17.9 Å². The summed E-state index contributed by atoms with van der Waals surface area (Å²) in [7, 11) is 0. The first-order valence-corrected chi connectivity index (χ1v) is 11.8. The lowest BCUT2D eigenvalue weighted by atomic mass is 10.0. The highest BCUT2D eigenvalue weighted by molar-refractivity contribution is 5.77. The summed E-state index contributed by atoms with van der Waals surface area (Å²) in [6.45, 7) is 4.79. The van der Waals surface area contributed by atoms with Crippen LogP contribution in [0.25, 0.3) is 0 Å². The minimum Gasteiger partial charge on any atom is -0.487 e. The van der Waals surface area contributed by atoms with E-state index in [2.05, 4.69) is 0 Å². The molecule has 10 nitrogen and oxygen atoms in total. The Kier molecular flexibility index (Phi) is 7.28. The van der Waals surface area contributed by atoms with Gasteiger partial charge < -0.3 is 14.2 Å². The molecule has 0 bridgehead atoms. The van der Waals surface area contributed by atoms with Crippen molar-refractivity contribution < 1.29 is 28.2 Å². The maximum absolute atomic E-state index is 12.8. The van der Waals surface area contributed by atoms with E-state index in [1.807, 2.05) is 51.6 Å². The van der Waals surface area contributed by atoms with Crippen molar-refractivity contribution >= 4 is 17.9 Å². The number of benzene rings is 2. The molecule has 0 aliphatic carbocycles. The number of hydrogen-bond donors (Lipinski definition) is 4. The molecule has 2 aromatic carbocycles. The molecule has 2 aliphatic rings. The monoisotopic (exact) mass is 482 g/mol. The number of guanidine groups is 2. The van der Waals surface area contributed by atoms with Gasteiger partial charge in [-0.15, -0.1) is 0 Å². The van der Waals surface area contributed by atoms with Crippen LogP contribution in [0.2, 0.25) is 0 Å². The van der Waals surface area contributed by atoms with Crippen molar-refractivity contribution in [2.24, 2.45) is 22.9 Å². The molecular formula is C25H34N6O4+2. The summed E-state index contributed by atoms with van der Waals surface area (Å²) >= 11 is 0. The lowest BCUT2D eigenvalue weighted by molar-refractivity contribution is -0.549. The van der Waals surface area contributed by atoms with Crippen molar-refractivity contribution in [3.05, 3.63) is 59.2 Å². The highest BCUT2D eigenvalue weighted by Gasteiger charge is 2.27. The molecule has 8 N–H and O–H groups in total. The SMILES string of the molecule is CCOC(=O)C(Oc1ccc2c(c1)C[N+](=C(N)N)CC2)c1ccc(O[C@H]2CC[N+](=C(N)N)C2)cc1. The van der Waals surface area contributed by atoms with Gasteiger partial charge in [0.1, 0.15) is 24.1 Å². The standard InChI is InChI=1S/C25H32N6O4/c1-2-33-23(32)22(35-20-8-3-16-9-11-30(24(26)27)14-18(16)13-20)17-4-6-19(7-5-17)34-21-10-12-31(15-21)25(28)29/h3-8,13,21-22H,2,9-12,14-15H2,1H3,(H6,26,27,28,29)/p+2/t21-,22?/m0/s1. The highest BCUT2D eigenvalue weighted by atomic mass is 16.6. The molecule has 0 aromatic heterocycles. The first-order valence-electron chi connectivity index (χ1n) is 11.8. The predicted molar refractivity (Wildman–Crippen MR) is 131 cm³/mol. The smallest absolute Gasteiger partial charge is 0.352 e. The fourth-order valence-corrected chi connectivity index (χ4v) is 4.41. The number of hydrogen-bond acceptors (Lipinski definition) is 4. The first-order chi connectivity index (χ1) is 16.8. The van der Waals surface area contributed by atoms with Gasteiger partial charge in [0.15, 0.2) is 0 Å². The summed E-state index contributed by atoms with van der Waals surface area (Å²) < 4.78 is 21.3. The largest absolute Gasteiger partial charge is 0.487 e. The van der Waals surface area contributed by atoms with Gasteiger partial charge in [-0.25, -0.2) is 4.79 Å². The zero-order valence-corrected chi connectivity index (χ0v) is 20.0. The molecule has 0 spiro atoms. The Labute approximate surface area is 204 Å². The van der Waals surface area contributed by atoms with Gasteiger partial charge in [-0.2, -0.15) is 0 Å². The Morgan fingerprint density at radius 2 is 1.69 bits per heavy atom. The number of rotatable bonds is 7. The fourth-order valence-electron chi connectivity index (χ4n) is 4.41. The number of nitrogens with two attached hydrogens (primary N) is 4. The third-order valence-electron chi connectivity index (χ3n) is 6.31. The van der Waals surface area contributed by atoms with Gasteiger partial charge in [-0.3, -0.25) is 32.1 Å². The molecule has 0 radical (unpaired) electrons. The van der Waals surface area contributed by atoms with E-state index in [1.165, 1.54) is 5.56 Å². The van der Waals surface area contributed by atoms with Crippen molar-refractivity contribution in [1.82, 2.24) is 0 Å². The molecule has 1 fully saturated rings. The topological polar surface area (TPSA) is 155 Å². The van der Waals surface area contributed by atoms with Crippen LogP contribution in [0.5, 0.6) is 11.5 Å². The maximum Gasteiger partial charge on any atom is 0.352 e. The zero-order chi connectivity index (χ0) is 24.9. The molecule has 186 valence electrons. The molecule has 10 heteroatoms. The summed E-state index contributed by atoms with van der Waals surface area (Å²) in [5, 5.41) is 0. The molecular weight excluding hydrogens is 448 g/mol. The lowest BCUT2D eigenvalue weighted by Crippen LogP contribution is -2.38. The van der Waals surface area contributed by atoms with Gasteiger partial charge in [0, 0.05) is 18.4 Å². The second kappa shape index (κ2) is 10.5. The molecule has 2 aromatic rings. The summed E-state index contributed by atoms with van der Waals surface area (Å²) in [5.74, 6) is 1.41. The number of ether oxygens (including phenoxy) is 3. The molecule has 1 unspecified atom stereocenters. The zero-order valence-electron chi connectivity index (χ0n) is 20.0. The van der Waals surface area contributed by atoms with E-state index in [-0.39, 0.29) is 12.7 Å². The normalized spacial score (nSPS) is 17.9. The van der Waals surface area contributed by atoms with Crippen LogP contribution >= 0.6 is 0 Å². The lowest BCUT2D eigenvalue weighted by Gasteiger charge is -2.22. The van der Waals surface area contributed by atoms with Gasteiger partial charge in [-0.1, -0.05) is 18.2 Å². The van der Waals surface area contributed by atoms with Crippen LogP contribution in [0.1, 0.15) is 36.1 Å². The van der Waals surface area contributed by atoms with E-state index in [9.17, 15) is 4.79 Å². The Morgan fingerprint density at radius 3 is 2.34 bits per heavy atom. The minimum atomic E-state index is -0.915. The Balaban J connectivity index is 1.50. The van der Waals surface area contributed by atoms with Crippen LogP contribution in [0.15, 0.2) is 42.5 Å². The Bertz CT molecular complexity index is 1140. The predicted octanol–water partition coefficient (Wildman–Crippen LogP) is 0.149. The van der Waals surface area contributed by atoms with Crippen molar-refractivity contribution in [3.8, 4) is 11.5 Å². The van der Waals surface area contributed by atoms with Crippen LogP contribution in [0.4, 0.5) is 0 Å². The summed E-state index contributed by atoms with van der Waals surface area (Å²) in [6, 6.07) is 13.1. The number of fused-ring (bicyclic) bond motifs is 1. The number of carbonyl (C=O) groups is 1. The molecule has 1 saturated heterocycles. The second-order valence-corrected chi connectivity index (χ2v) is 8.75. The first kappa shape index (κ1) is 24.2. The molecule has 2 aliphatic heterocycles. The van der Waals surface area contributed by atoms with E-state index in [0.717, 1.165) is 31.5 Å². The van der Waals surface area contributed by atoms with Crippen LogP contribution in [-0.4, -0.2) is 59.4 Å². The van der Waals surface area contributed by atoms with Crippen LogP contribution in [-0.2, 0) is 22.5 Å². The van der Waals surface area contributed by atoms with Crippen LogP contribution < -0.4 is 32.4 Å². The molecule has 35 heavy (non-hydrogen) atoms. The Morgan fingerprint density at radius 1 is 0.971 bits per heavy atom. The van der Waals surface area contributed by atoms with Crippen LogP contribution in [0, 0.1) is 0 Å². The van der Waals surface area contributed by atoms with Gasteiger partial charge in [0.05, 0.1) is 26.2 Å². The highest BCUT2D eigenvalue weighted by Crippen LogP contribution is 2.29. The number of esters is 1. The molecule has 2 heterocycles. The molecule has 0 saturated carbocycles. The van der Waals surface area contributed by atoms with E-state index >= 15 is 0 Å². The summed E-state index contributed by atoms with van der Waals surface area (Å²) in [6.07, 6.45) is 0.749. The van der Waals surface area contributed by atoms with E-state index < -0.39 is 12.1 Å². The van der Waals surface area contributed by atoms with E-state index in [0.29, 0.717) is 42.1 Å². The summed E-state index contributed by atoms with van der Waals surface area (Å²) in [4.78, 5) is 12.8. The second-order valence-electron chi connectivity index (χ2n) is 8.75. The minimum absolute atomic E-state index is 0.00471. The van der Waals surface area contributed by atoms with Crippen molar-refractivity contribution in [2.75, 3.05) is 26.2 Å². The average Bonchev–Trinajstić information content (AvgIpc) is 3.31. The molecule has 2 atom stereocenters. The summed E-state index contributed by atoms with van der Waals surface area (Å²) in [5.41, 5.74) is 25.8. The number of carbonyl (C=O) groups excluding carboxylic acids is 1. The van der Waals surface area contributed by atoms with Crippen LogP contribution in [0.3, 0.4) is 0 Å². The van der Waals surface area contributed by atoms with Crippen molar-refractivity contribution in [3.63, 3.8) is 0 Å². The third-order valence-corrected chi connectivity index (χ3v) is 6.31. The molecule has 0 amide bonds. The third kappa shape index (κ3) is 5.76. The number of nitrogens with zero attached hydrogens (tertiary/aromatic N) is 2. The maximum atomic E-state index is 12.8. The molecule has 4 rings (SSSR count). The average molecular weight is 483 g/mol. The van der Waals surface area contributed by atoms with E-state index in [1.54, 1.807) is 6.92 Å². The van der Waals surface area contributed by atoms with E-state index in [4.69, 9.17) is 37.1 Å². The van der Waals surface area contributed by atoms with Gasteiger partial charge in [0.25, 0.3) is 0 Å². The van der Waals surface area contributed by atoms with Gasteiger partial charge in [-0.05, 0) is 42.3 Å². The quantitative estimate of drug-likeness (QED) is 0.247. The van der Waals surface area contributed by atoms with Crippen molar-refractivity contribution in [2.45, 2.75) is 38.5 Å². The van der Waals surface area contributed by atoms with Gasteiger partial charge in [0.2, 0.25) is 6.10 Å². The van der Waals surface area contributed by atoms with Crippen molar-refractivity contribution in [1.29, 1.82) is 0 Å². The fraction of sp³-hybridized carbons (Fsp3) is 0.400. The Hall–Kier alpha value is -3.95.